The minimum Gasteiger partial charge on any atom is -0.384 e. The normalized spacial score (nSPS) is 12.2. The molecule has 4 nitrogen and oxygen atoms in total. The Morgan fingerprint density at radius 2 is 2.35 bits per heavy atom. The first-order valence-corrected chi connectivity index (χ1v) is 6.86. The number of nitrogens with one attached hydrogen (secondary N) is 1. The summed E-state index contributed by atoms with van der Waals surface area (Å²) < 4.78 is 5.78. The van der Waals surface area contributed by atoms with Crippen LogP contribution in [0.1, 0.15) is 16.8 Å². The lowest BCUT2D eigenvalue weighted by Crippen LogP contribution is -2.27. The maximum atomic E-state index is 11.7. The van der Waals surface area contributed by atoms with Gasteiger partial charge in [-0.25, -0.2) is 0 Å². The van der Waals surface area contributed by atoms with Gasteiger partial charge < -0.3 is 10.1 Å². The fraction of sp³-hybridized carbons (Fsp3) is 0.455. The Morgan fingerprint density at radius 3 is 3.00 bits per heavy atom. The first-order chi connectivity index (χ1) is 8.13. The van der Waals surface area contributed by atoms with E-state index in [0.717, 1.165) is 10.9 Å². The summed E-state index contributed by atoms with van der Waals surface area (Å²) in [6.45, 7) is 1.24. The number of nitrogens with zero attached hydrogens (tertiary/aromatic N) is 1. The first kappa shape index (κ1) is 14.6. The molecule has 0 bridgehead atoms. The van der Waals surface area contributed by atoms with Gasteiger partial charge in [-0.05, 0) is 28.4 Å². The van der Waals surface area contributed by atoms with Gasteiger partial charge in [-0.2, -0.15) is 0 Å². The molecule has 0 radical (unpaired) electrons. The standard InChI is InChI=1S/C11H14Br2N2O2/c1-17-7-9(12)2-3-15-11(16)8-4-10(13)6-14-5-8/h4-6,9H,2-3,7H2,1H3,(H,15,16). The van der Waals surface area contributed by atoms with Gasteiger partial charge in [0.2, 0.25) is 0 Å². The average molecular weight is 366 g/mol. The van der Waals surface area contributed by atoms with Crippen molar-refractivity contribution < 1.29 is 9.53 Å². The van der Waals surface area contributed by atoms with Crippen LogP contribution >= 0.6 is 31.9 Å². The second-order valence-corrected chi connectivity index (χ2v) is 5.70. The third-order valence-corrected chi connectivity index (χ3v) is 3.21. The van der Waals surface area contributed by atoms with E-state index in [1.54, 1.807) is 25.6 Å². The fourth-order valence-electron chi connectivity index (χ4n) is 1.24. The van der Waals surface area contributed by atoms with Gasteiger partial charge >= 0.3 is 0 Å². The number of hydrogen-bond donors (Lipinski definition) is 1. The number of hydrogen-bond acceptors (Lipinski definition) is 3. The highest BCUT2D eigenvalue weighted by Gasteiger charge is 2.07. The minimum absolute atomic E-state index is 0.115. The molecule has 0 spiro atoms. The van der Waals surface area contributed by atoms with E-state index in [2.05, 4.69) is 42.2 Å². The van der Waals surface area contributed by atoms with Gasteiger partial charge in [0.05, 0.1) is 12.2 Å². The Bertz CT molecular complexity index is 374. The number of rotatable bonds is 6. The first-order valence-electron chi connectivity index (χ1n) is 5.15. The molecule has 0 aliphatic carbocycles. The monoisotopic (exact) mass is 364 g/mol. The average Bonchev–Trinajstić information content (AvgIpc) is 2.29. The summed E-state index contributed by atoms with van der Waals surface area (Å²) in [5, 5.41) is 2.83. The molecule has 1 heterocycles. The molecule has 0 saturated carbocycles. The number of pyridine rings is 1. The molecule has 0 fully saturated rings. The molecule has 0 saturated heterocycles. The van der Waals surface area contributed by atoms with E-state index in [9.17, 15) is 4.79 Å². The van der Waals surface area contributed by atoms with Crippen LogP contribution in [-0.2, 0) is 4.74 Å². The van der Waals surface area contributed by atoms with Gasteiger partial charge in [0.1, 0.15) is 0 Å². The number of amides is 1. The van der Waals surface area contributed by atoms with Crippen LogP contribution in [0, 0.1) is 0 Å². The third-order valence-electron chi connectivity index (χ3n) is 2.06. The predicted octanol–water partition coefficient (Wildman–Crippen LogP) is 2.37. The van der Waals surface area contributed by atoms with Gasteiger partial charge in [0.25, 0.3) is 5.91 Å². The van der Waals surface area contributed by atoms with E-state index in [4.69, 9.17) is 4.74 Å². The number of aromatic nitrogens is 1. The largest absolute Gasteiger partial charge is 0.384 e. The van der Waals surface area contributed by atoms with Crippen molar-refractivity contribution in [3.05, 3.63) is 28.5 Å². The number of carbonyl (C=O) groups is 1. The fourth-order valence-corrected chi connectivity index (χ4v) is 2.10. The molecule has 94 valence electrons. The van der Waals surface area contributed by atoms with Crippen molar-refractivity contribution in [2.24, 2.45) is 0 Å². The Morgan fingerprint density at radius 1 is 1.59 bits per heavy atom. The van der Waals surface area contributed by atoms with E-state index in [1.165, 1.54) is 0 Å². The quantitative estimate of drug-likeness (QED) is 0.787. The zero-order chi connectivity index (χ0) is 12.7. The molecule has 1 aromatic rings. The van der Waals surface area contributed by atoms with E-state index >= 15 is 0 Å². The minimum atomic E-state index is -0.115. The second-order valence-electron chi connectivity index (χ2n) is 3.49. The highest BCUT2D eigenvalue weighted by atomic mass is 79.9. The molecule has 1 rings (SSSR count). The van der Waals surface area contributed by atoms with Gasteiger partial charge in [-0.15, -0.1) is 0 Å². The Kier molecular flexibility index (Phi) is 6.69. The summed E-state index contributed by atoms with van der Waals surface area (Å²) in [4.78, 5) is 15.9. The maximum Gasteiger partial charge on any atom is 0.252 e. The lowest BCUT2D eigenvalue weighted by atomic mass is 10.2. The number of alkyl halides is 1. The van der Waals surface area contributed by atoms with Crippen molar-refractivity contribution in [2.45, 2.75) is 11.2 Å². The van der Waals surface area contributed by atoms with E-state index in [-0.39, 0.29) is 10.7 Å². The molecule has 1 N–H and O–H groups in total. The molecule has 1 unspecified atom stereocenters. The molecule has 6 heteroatoms. The van der Waals surface area contributed by atoms with Crippen molar-refractivity contribution in [3.8, 4) is 0 Å². The predicted molar refractivity (Wildman–Crippen MR) is 73.5 cm³/mol. The third kappa shape index (κ3) is 5.61. The zero-order valence-electron chi connectivity index (χ0n) is 9.45. The molecule has 0 aromatic carbocycles. The molecule has 17 heavy (non-hydrogen) atoms. The summed E-state index contributed by atoms with van der Waals surface area (Å²) in [5.41, 5.74) is 0.553. The van der Waals surface area contributed by atoms with Crippen molar-refractivity contribution in [3.63, 3.8) is 0 Å². The van der Waals surface area contributed by atoms with Gasteiger partial charge in [0, 0.05) is 35.3 Å². The van der Waals surface area contributed by atoms with Crippen LogP contribution in [0.3, 0.4) is 0 Å². The van der Waals surface area contributed by atoms with E-state index < -0.39 is 0 Å². The Labute approximate surface area is 117 Å². The smallest absolute Gasteiger partial charge is 0.252 e. The van der Waals surface area contributed by atoms with Crippen LogP contribution in [0.15, 0.2) is 22.9 Å². The summed E-state index contributed by atoms with van der Waals surface area (Å²) in [5.74, 6) is -0.115. The lowest BCUT2D eigenvalue weighted by Gasteiger charge is -2.09. The van der Waals surface area contributed by atoms with Crippen molar-refractivity contribution in [2.75, 3.05) is 20.3 Å². The van der Waals surface area contributed by atoms with Crippen molar-refractivity contribution in [1.29, 1.82) is 0 Å². The van der Waals surface area contributed by atoms with Gasteiger partial charge in [-0.3, -0.25) is 9.78 Å². The van der Waals surface area contributed by atoms with Crippen LogP contribution in [0.2, 0.25) is 0 Å². The molecular formula is C11H14Br2N2O2. The maximum absolute atomic E-state index is 11.7. The summed E-state index contributed by atoms with van der Waals surface area (Å²) in [6.07, 6.45) is 4.01. The number of carbonyl (C=O) groups excluding carboxylic acids is 1. The summed E-state index contributed by atoms with van der Waals surface area (Å²) in [7, 11) is 1.65. The molecule has 0 aliphatic rings. The Balaban J connectivity index is 2.35. The van der Waals surface area contributed by atoms with Crippen LogP contribution in [-0.4, -0.2) is 36.0 Å². The molecule has 1 amide bonds. The van der Waals surface area contributed by atoms with Crippen LogP contribution < -0.4 is 5.32 Å². The SMILES string of the molecule is COCC(Br)CCNC(=O)c1cncc(Br)c1. The van der Waals surface area contributed by atoms with E-state index in [0.29, 0.717) is 18.7 Å². The van der Waals surface area contributed by atoms with E-state index in [1.807, 2.05) is 0 Å². The van der Waals surface area contributed by atoms with Crippen LogP contribution in [0.4, 0.5) is 0 Å². The van der Waals surface area contributed by atoms with Crippen molar-refractivity contribution in [1.82, 2.24) is 10.3 Å². The number of ether oxygens (including phenoxy) is 1. The molecule has 0 aliphatic heterocycles. The van der Waals surface area contributed by atoms with Crippen LogP contribution in [0.25, 0.3) is 0 Å². The zero-order valence-corrected chi connectivity index (χ0v) is 12.6. The van der Waals surface area contributed by atoms with Gasteiger partial charge in [0.15, 0.2) is 0 Å². The second kappa shape index (κ2) is 7.79. The molecular weight excluding hydrogens is 352 g/mol. The lowest BCUT2D eigenvalue weighted by molar-refractivity contribution is 0.0951. The Hall–Kier alpha value is -0.460. The summed E-state index contributed by atoms with van der Waals surface area (Å²) >= 11 is 6.74. The number of halogens is 2. The van der Waals surface area contributed by atoms with Crippen molar-refractivity contribution >= 4 is 37.8 Å². The molecule has 1 aromatic heterocycles. The molecule has 1 atom stereocenters. The van der Waals surface area contributed by atoms with Crippen LogP contribution in [0.5, 0.6) is 0 Å². The van der Waals surface area contributed by atoms with Gasteiger partial charge in [-0.1, -0.05) is 15.9 Å². The summed E-state index contributed by atoms with van der Waals surface area (Å²) in [6, 6.07) is 1.74. The highest BCUT2D eigenvalue weighted by Crippen LogP contribution is 2.09. The topological polar surface area (TPSA) is 51.2 Å². The highest BCUT2D eigenvalue weighted by molar-refractivity contribution is 9.10. The number of methoxy groups -OCH3 is 1.